The maximum absolute atomic E-state index is 12.7. The van der Waals surface area contributed by atoms with Gasteiger partial charge in [-0.25, -0.2) is 0 Å². The molecular formula is C33H35N4O7-. The molecule has 0 saturated carbocycles. The van der Waals surface area contributed by atoms with E-state index in [1.54, 1.807) is 32.1 Å². The van der Waals surface area contributed by atoms with Gasteiger partial charge in [0.15, 0.2) is 0 Å². The number of carbonyl (C=O) groups excluding carboxylic acids is 2. The molecule has 0 bridgehead atoms. The van der Waals surface area contributed by atoms with Gasteiger partial charge in [0.25, 0.3) is 5.91 Å². The molecule has 4 heterocycles. The van der Waals surface area contributed by atoms with Crippen LogP contribution in [0.3, 0.4) is 0 Å². The van der Waals surface area contributed by atoms with E-state index in [1.165, 1.54) is 6.08 Å². The van der Waals surface area contributed by atoms with Crippen molar-refractivity contribution in [1.29, 1.82) is 0 Å². The van der Waals surface area contributed by atoms with Gasteiger partial charge < -0.3 is 35.8 Å². The zero-order valence-electron chi connectivity index (χ0n) is 25.1. The fourth-order valence-electron chi connectivity index (χ4n) is 5.69. The Balaban J connectivity index is 1.82. The fraction of sp³-hybridized carbons (Fsp3) is 0.273. The molecule has 0 atom stereocenters. The number of hydroxylamine groups is 2. The van der Waals surface area contributed by atoms with Gasteiger partial charge in [-0.3, -0.25) is 19.2 Å². The average Bonchev–Trinajstić information content (AvgIpc) is 3.58. The summed E-state index contributed by atoms with van der Waals surface area (Å²) >= 11 is 0. The van der Waals surface area contributed by atoms with Crippen LogP contribution < -0.4 is 5.32 Å². The molecular weight excluding hydrogens is 564 g/mol. The second-order valence-electron chi connectivity index (χ2n) is 10.8. The van der Waals surface area contributed by atoms with Gasteiger partial charge in [-0.15, -0.1) is 0 Å². The molecule has 0 unspecified atom stereocenters. The van der Waals surface area contributed by atoms with Crippen molar-refractivity contribution < 1.29 is 29.4 Å². The second-order valence-corrected chi connectivity index (χ2v) is 10.8. The molecule has 0 fully saturated rings. The molecule has 5 N–H and O–H groups in total. The van der Waals surface area contributed by atoms with Crippen LogP contribution in [0, 0.1) is 19.1 Å². The summed E-state index contributed by atoms with van der Waals surface area (Å²) in [5.41, 5.74) is 8.41. The number of hydrogen-bond donors (Lipinski definition) is 5. The Kier molecular flexibility index (Phi) is 9.10. The monoisotopic (exact) mass is 599 g/mol. The van der Waals surface area contributed by atoms with Crippen molar-refractivity contribution in [3.8, 4) is 0 Å². The quantitative estimate of drug-likeness (QED) is 0.234. The third kappa shape index (κ3) is 6.00. The molecule has 2 aromatic rings. The average molecular weight is 600 g/mol. The Labute approximate surface area is 254 Å². The number of carbonyl (C=O) groups is 4. The summed E-state index contributed by atoms with van der Waals surface area (Å²) in [5, 5.41) is 34.7. The lowest BCUT2D eigenvalue weighted by Crippen LogP contribution is -2.18. The summed E-state index contributed by atoms with van der Waals surface area (Å²) in [5.74, 6) is -2.84. The highest BCUT2D eigenvalue weighted by atomic mass is 16.5. The number of carboxylic acid groups (broad SMARTS) is 2. The van der Waals surface area contributed by atoms with Crippen molar-refractivity contribution in [3.05, 3.63) is 109 Å². The molecule has 2 aliphatic rings. The van der Waals surface area contributed by atoms with Crippen LogP contribution in [0.15, 0.2) is 59.0 Å². The lowest BCUT2D eigenvalue weighted by atomic mass is 9.98. The van der Waals surface area contributed by atoms with E-state index in [1.807, 2.05) is 13.8 Å². The number of carboxylic acids is 2. The number of rotatable bonds is 12. The van der Waals surface area contributed by atoms with Crippen LogP contribution in [0.5, 0.6) is 0 Å². The number of H-pyrrole nitrogens is 2. The smallest absolute Gasteiger partial charge is 0.303 e. The van der Waals surface area contributed by atoms with Gasteiger partial charge in [0.2, 0.25) is 5.91 Å². The molecule has 0 aromatic carbocycles. The minimum atomic E-state index is -0.968. The lowest BCUT2D eigenvalue weighted by molar-refractivity contribution is -0.138. The molecule has 0 spiro atoms. The standard InChI is InChI=1S/C33H35N4O7/c1-7-20-19(6)32(42)36-26(20)13-24-16(3)22(9-11-30(38)39)27(34-24)14-28-23(10-12-31(40)41)17(4)25(35-28)15-29-18(5)21(8-2)33(43)37(29)44/h7-8,13,15,34-35H,1-2,9-12,14H2,3-6H3,(H,36,42)(H,38,39)(H,40,41)/q-1/b26-13-,29-15-. The SMILES string of the molecule is C=CC1=C(C)/C(=C/c2[nH]c(Cc3[nH]c(/C=C4\NC(=O)C(C)=C4C=C)c(C)c3CCC(=O)O)c(CCC(=O)O)c2C)N([O-])C1=O. The first-order valence-electron chi connectivity index (χ1n) is 14.1. The van der Waals surface area contributed by atoms with E-state index in [2.05, 4.69) is 28.4 Å². The molecule has 230 valence electrons. The first-order chi connectivity index (χ1) is 20.8. The highest BCUT2D eigenvalue weighted by molar-refractivity contribution is 6.04. The zero-order chi connectivity index (χ0) is 32.5. The van der Waals surface area contributed by atoms with E-state index in [9.17, 15) is 34.6 Å². The molecule has 2 amide bonds. The van der Waals surface area contributed by atoms with Crippen LogP contribution in [-0.4, -0.2) is 49.0 Å². The number of aliphatic carboxylic acids is 2. The molecule has 2 aliphatic heterocycles. The van der Waals surface area contributed by atoms with Gasteiger partial charge in [0.1, 0.15) is 0 Å². The Morgan fingerprint density at radius 3 is 1.77 bits per heavy atom. The van der Waals surface area contributed by atoms with Gasteiger partial charge in [0.05, 0.1) is 5.70 Å². The summed E-state index contributed by atoms with van der Waals surface area (Å²) in [6.07, 6.45) is 6.82. The number of aromatic nitrogens is 2. The van der Waals surface area contributed by atoms with E-state index >= 15 is 0 Å². The molecule has 2 aromatic heterocycles. The van der Waals surface area contributed by atoms with Crippen LogP contribution in [0.2, 0.25) is 0 Å². The zero-order valence-corrected chi connectivity index (χ0v) is 25.1. The van der Waals surface area contributed by atoms with Gasteiger partial charge in [-0.05, 0) is 80.5 Å². The molecule has 4 rings (SSSR count). The maximum Gasteiger partial charge on any atom is 0.303 e. The Hall–Kier alpha value is -5.16. The van der Waals surface area contributed by atoms with Gasteiger partial charge in [-0.1, -0.05) is 25.3 Å². The third-order valence-electron chi connectivity index (χ3n) is 8.23. The Bertz CT molecular complexity index is 1740. The van der Waals surface area contributed by atoms with Crippen LogP contribution in [0.4, 0.5) is 0 Å². The van der Waals surface area contributed by atoms with Crippen LogP contribution in [0.1, 0.15) is 71.7 Å². The normalized spacial score (nSPS) is 17.0. The Morgan fingerprint density at radius 2 is 1.32 bits per heavy atom. The third-order valence-corrected chi connectivity index (χ3v) is 8.23. The van der Waals surface area contributed by atoms with Gasteiger partial charge in [0, 0.05) is 64.5 Å². The van der Waals surface area contributed by atoms with Crippen molar-refractivity contribution in [1.82, 2.24) is 20.3 Å². The fourth-order valence-corrected chi connectivity index (χ4v) is 5.69. The first kappa shape index (κ1) is 31.8. The van der Waals surface area contributed by atoms with Crippen LogP contribution in [0.25, 0.3) is 12.2 Å². The van der Waals surface area contributed by atoms with Gasteiger partial charge >= 0.3 is 11.9 Å². The summed E-state index contributed by atoms with van der Waals surface area (Å²) in [7, 11) is 0. The lowest BCUT2D eigenvalue weighted by Gasteiger charge is -2.24. The molecule has 0 saturated heterocycles. The number of nitrogens with zero attached hydrogens (tertiary/aromatic N) is 1. The number of nitrogens with one attached hydrogen (secondary N) is 3. The van der Waals surface area contributed by atoms with Crippen LogP contribution in [-0.2, 0) is 38.4 Å². The number of allylic oxidation sites excluding steroid dienone is 2. The van der Waals surface area contributed by atoms with E-state index in [0.717, 1.165) is 27.9 Å². The Morgan fingerprint density at radius 1 is 0.818 bits per heavy atom. The summed E-state index contributed by atoms with van der Waals surface area (Å²) in [6.45, 7) is 14.5. The maximum atomic E-state index is 12.7. The molecule has 44 heavy (non-hydrogen) atoms. The molecule has 11 heteroatoms. The van der Waals surface area contributed by atoms with Gasteiger partial charge in [-0.2, -0.15) is 0 Å². The minimum Gasteiger partial charge on any atom is -0.751 e. The summed E-state index contributed by atoms with van der Waals surface area (Å²) < 4.78 is 0. The molecule has 11 nitrogen and oxygen atoms in total. The number of hydrogen-bond acceptors (Lipinski definition) is 5. The summed E-state index contributed by atoms with van der Waals surface area (Å²) in [4.78, 5) is 54.4. The topological polar surface area (TPSA) is 179 Å². The van der Waals surface area contributed by atoms with E-state index in [0.29, 0.717) is 44.6 Å². The van der Waals surface area contributed by atoms with Crippen LogP contribution >= 0.6 is 0 Å². The largest absolute Gasteiger partial charge is 0.751 e. The molecule has 0 radical (unpaired) electrons. The minimum absolute atomic E-state index is 0.104. The van der Waals surface area contributed by atoms with Crippen molar-refractivity contribution in [3.63, 3.8) is 0 Å². The van der Waals surface area contributed by atoms with Crippen molar-refractivity contribution in [2.45, 2.75) is 59.8 Å². The highest BCUT2D eigenvalue weighted by Crippen LogP contribution is 2.34. The number of amides is 2. The van der Waals surface area contributed by atoms with Crippen molar-refractivity contribution in [2.24, 2.45) is 0 Å². The highest BCUT2D eigenvalue weighted by Gasteiger charge is 2.27. The van der Waals surface area contributed by atoms with E-state index < -0.39 is 17.8 Å². The van der Waals surface area contributed by atoms with E-state index in [4.69, 9.17) is 0 Å². The molecule has 0 aliphatic carbocycles. The van der Waals surface area contributed by atoms with Crippen molar-refractivity contribution >= 4 is 35.9 Å². The number of aromatic amines is 2. The first-order valence-corrected chi connectivity index (χ1v) is 14.1. The predicted molar refractivity (Wildman–Crippen MR) is 166 cm³/mol. The summed E-state index contributed by atoms with van der Waals surface area (Å²) in [6, 6.07) is 0. The van der Waals surface area contributed by atoms with Crippen molar-refractivity contribution in [2.75, 3.05) is 0 Å². The predicted octanol–water partition coefficient (Wildman–Crippen LogP) is 4.74. The second kappa shape index (κ2) is 12.6. The van der Waals surface area contributed by atoms with E-state index in [-0.39, 0.29) is 49.3 Å².